The van der Waals surface area contributed by atoms with Crippen LogP contribution >= 0.6 is 0 Å². The van der Waals surface area contributed by atoms with Crippen molar-refractivity contribution in [3.05, 3.63) is 35.4 Å². The summed E-state index contributed by atoms with van der Waals surface area (Å²) < 4.78 is 0. The molecule has 0 bridgehead atoms. The fourth-order valence-corrected chi connectivity index (χ4v) is 2.58. The van der Waals surface area contributed by atoms with Crippen LogP contribution in [0.1, 0.15) is 18.1 Å². The van der Waals surface area contributed by atoms with Crippen molar-refractivity contribution >= 4 is 5.91 Å². The highest BCUT2D eigenvalue weighted by Gasteiger charge is 2.26. The first-order valence-electron chi connectivity index (χ1n) is 6.69. The third-order valence-corrected chi connectivity index (χ3v) is 3.60. The molecule has 1 aromatic rings. The highest BCUT2D eigenvalue weighted by molar-refractivity contribution is 5.80. The van der Waals surface area contributed by atoms with Crippen molar-refractivity contribution in [1.82, 2.24) is 10.6 Å². The summed E-state index contributed by atoms with van der Waals surface area (Å²) in [5.41, 5.74) is 2.67. The van der Waals surface area contributed by atoms with Crippen LogP contribution in [0.4, 0.5) is 0 Å². The van der Waals surface area contributed by atoms with E-state index in [9.17, 15) is 4.79 Å². The predicted octanol–water partition coefficient (Wildman–Crippen LogP) is 1.37. The second-order valence-corrected chi connectivity index (χ2v) is 5.28. The van der Waals surface area contributed by atoms with E-state index in [0.717, 1.165) is 25.9 Å². The zero-order chi connectivity index (χ0) is 13.0. The maximum Gasteiger partial charge on any atom is 0.223 e. The SMILES string of the molecule is CNCC(C)CNC(=O)C1Cc2ccccc2C1. The predicted molar refractivity (Wildman–Crippen MR) is 73.4 cm³/mol. The highest BCUT2D eigenvalue weighted by atomic mass is 16.1. The van der Waals surface area contributed by atoms with E-state index in [-0.39, 0.29) is 11.8 Å². The maximum atomic E-state index is 12.1. The van der Waals surface area contributed by atoms with Crippen LogP contribution in [0.25, 0.3) is 0 Å². The standard InChI is InChI=1S/C15H22N2O/c1-11(9-16-2)10-17-15(18)14-7-12-5-3-4-6-13(12)8-14/h3-6,11,14,16H,7-10H2,1-2H3,(H,17,18). The molecule has 1 atom stereocenters. The van der Waals surface area contributed by atoms with Crippen LogP contribution in [0.5, 0.6) is 0 Å². The van der Waals surface area contributed by atoms with Gasteiger partial charge in [0.1, 0.15) is 0 Å². The fourth-order valence-electron chi connectivity index (χ4n) is 2.58. The molecule has 98 valence electrons. The Balaban J connectivity index is 1.82. The van der Waals surface area contributed by atoms with E-state index in [1.165, 1.54) is 11.1 Å². The topological polar surface area (TPSA) is 41.1 Å². The monoisotopic (exact) mass is 246 g/mol. The number of rotatable bonds is 5. The van der Waals surface area contributed by atoms with Crippen molar-refractivity contribution in [2.75, 3.05) is 20.1 Å². The molecule has 1 aromatic carbocycles. The van der Waals surface area contributed by atoms with Gasteiger partial charge in [-0.1, -0.05) is 31.2 Å². The molecule has 1 unspecified atom stereocenters. The minimum absolute atomic E-state index is 0.129. The molecule has 0 saturated carbocycles. The molecule has 0 fully saturated rings. The Labute approximate surface area is 109 Å². The molecule has 2 N–H and O–H groups in total. The summed E-state index contributed by atoms with van der Waals surface area (Å²) in [6.07, 6.45) is 1.78. The molecule has 1 aliphatic carbocycles. The van der Waals surface area contributed by atoms with Crippen molar-refractivity contribution < 1.29 is 4.79 Å². The number of fused-ring (bicyclic) bond motifs is 1. The minimum Gasteiger partial charge on any atom is -0.356 e. The van der Waals surface area contributed by atoms with Crippen LogP contribution in [-0.2, 0) is 17.6 Å². The van der Waals surface area contributed by atoms with Gasteiger partial charge in [0.15, 0.2) is 0 Å². The Hall–Kier alpha value is -1.35. The molecule has 2 rings (SSSR count). The van der Waals surface area contributed by atoms with Gasteiger partial charge in [0, 0.05) is 12.5 Å². The third kappa shape index (κ3) is 3.10. The van der Waals surface area contributed by atoms with E-state index in [2.05, 4.69) is 29.7 Å². The number of hydrogen-bond donors (Lipinski definition) is 2. The van der Waals surface area contributed by atoms with Crippen molar-refractivity contribution in [1.29, 1.82) is 0 Å². The number of carbonyl (C=O) groups is 1. The molecule has 1 aliphatic rings. The molecular weight excluding hydrogens is 224 g/mol. The normalized spacial score (nSPS) is 16.3. The van der Waals surface area contributed by atoms with E-state index in [1.54, 1.807) is 0 Å². The molecule has 3 nitrogen and oxygen atoms in total. The van der Waals surface area contributed by atoms with Gasteiger partial charge in [0.05, 0.1) is 0 Å². The van der Waals surface area contributed by atoms with Gasteiger partial charge in [0.2, 0.25) is 5.91 Å². The summed E-state index contributed by atoms with van der Waals surface area (Å²) in [6, 6.07) is 8.36. The lowest BCUT2D eigenvalue weighted by Gasteiger charge is -2.14. The molecule has 1 amide bonds. The fraction of sp³-hybridized carbons (Fsp3) is 0.533. The number of amides is 1. The second-order valence-electron chi connectivity index (χ2n) is 5.28. The van der Waals surface area contributed by atoms with E-state index in [1.807, 2.05) is 19.2 Å². The smallest absolute Gasteiger partial charge is 0.223 e. The average molecular weight is 246 g/mol. The molecule has 0 radical (unpaired) electrons. The second kappa shape index (κ2) is 6.01. The van der Waals surface area contributed by atoms with Gasteiger partial charge in [0.25, 0.3) is 0 Å². The van der Waals surface area contributed by atoms with Gasteiger partial charge in [-0.05, 0) is 43.5 Å². The van der Waals surface area contributed by atoms with Crippen LogP contribution in [0.2, 0.25) is 0 Å². The van der Waals surface area contributed by atoms with Gasteiger partial charge in [-0.3, -0.25) is 4.79 Å². The Morgan fingerprint density at radius 3 is 2.44 bits per heavy atom. The summed E-state index contributed by atoms with van der Waals surface area (Å²) in [5, 5.41) is 6.19. The summed E-state index contributed by atoms with van der Waals surface area (Å²) >= 11 is 0. The first-order valence-corrected chi connectivity index (χ1v) is 6.69. The summed E-state index contributed by atoms with van der Waals surface area (Å²) in [4.78, 5) is 12.1. The quantitative estimate of drug-likeness (QED) is 0.824. The summed E-state index contributed by atoms with van der Waals surface area (Å²) in [7, 11) is 1.94. The first-order chi connectivity index (χ1) is 8.70. The first kappa shape index (κ1) is 13.1. The Kier molecular flexibility index (Phi) is 4.37. The van der Waals surface area contributed by atoms with E-state index >= 15 is 0 Å². The van der Waals surface area contributed by atoms with Crippen molar-refractivity contribution in [2.24, 2.45) is 11.8 Å². The van der Waals surface area contributed by atoms with Crippen molar-refractivity contribution in [2.45, 2.75) is 19.8 Å². The number of hydrogen-bond acceptors (Lipinski definition) is 2. The highest BCUT2D eigenvalue weighted by Crippen LogP contribution is 2.26. The van der Waals surface area contributed by atoms with E-state index in [4.69, 9.17) is 0 Å². The van der Waals surface area contributed by atoms with E-state index < -0.39 is 0 Å². The maximum absolute atomic E-state index is 12.1. The molecule has 0 aliphatic heterocycles. The molecule has 0 aromatic heterocycles. The number of nitrogens with one attached hydrogen (secondary N) is 2. The van der Waals surface area contributed by atoms with Crippen molar-refractivity contribution in [3.8, 4) is 0 Å². The lowest BCUT2D eigenvalue weighted by Crippen LogP contribution is -2.36. The Morgan fingerprint density at radius 2 is 1.89 bits per heavy atom. The van der Waals surface area contributed by atoms with Crippen LogP contribution < -0.4 is 10.6 Å². The minimum atomic E-state index is 0.129. The zero-order valence-corrected chi connectivity index (χ0v) is 11.2. The summed E-state index contributed by atoms with van der Waals surface area (Å²) in [5.74, 6) is 0.807. The average Bonchev–Trinajstić information content (AvgIpc) is 2.80. The largest absolute Gasteiger partial charge is 0.356 e. The summed E-state index contributed by atoms with van der Waals surface area (Å²) in [6.45, 7) is 3.83. The molecule has 0 heterocycles. The van der Waals surface area contributed by atoms with E-state index in [0.29, 0.717) is 5.92 Å². The van der Waals surface area contributed by atoms with Gasteiger partial charge < -0.3 is 10.6 Å². The van der Waals surface area contributed by atoms with Gasteiger partial charge in [-0.25, -0.2) is 0 Å². The molecular formula is C15H22N2O. The molecule has 0 spiro atoms. The van der Waals surface area contributed by atoms with Crippen molar-refractivity contribution in [3.63, 3.8) is 0 Å². The van der Waals surface area contributed by atoms with Crippen LogP contribution in [0.3, 0.4) is 0 Å². The van der Waals surface area contributed by atoms with Gasteiger partial charge in [-0.15, -0.1) is 0 Å². The number of benzene rings is 1. The van der Waals surface area contributed by atoms with Crippen LogP contribution in [-0.4, -0.2) is 26.0 Å². The number of carbonyl (C=O) groups excluding carboxylic acids is 1. The lowest BCUT2D eigenvalue weighted by molar-refractivity contribution is -0.124. The zero-order valence-electron chi connectivity index (χ0n) is 11.2. The molecule has 18 heavy (non-hydrogen) atoms. The Morgan fingerprint density at radius 1 is 1.28 bits per heavy atom. The van der Waals surface area contributed by atoms with Gasteiger partial charge >= 0.3 is 0 Å². The Bertz CT molecular complexity index is 392. The van der Waals surface area contributed by atoms with Gasteiger partial charge in [-0.2, -0.15) is 0 Å². The molecule has 0 saturated heterocycles. The van der Waals surface area contributed by atoms with Crippen LogP contribution in [0, 0.1) is 11.8 Å². The third-order valence-electron chi connectivity index (χ3n) is 3.60. The molecule has 3 heteroatoms. The lowest BCUT2D eigenvalue weighted by atomic mass is 10.1. The van der Waals surface area contributed by atoms with Crippen LogP contribution in [0.15, 0.2) is 24.3 Å².